The maximum atomic E-state index is 10.0. The van der Waals surface area contributed by atoms with Crippen molar-refractivity contribution in [3.8, 4) is 12.1 Å². The number of rotatable bonds is 8. The van der Waals surface area contributed by atoms with Gasteiger partial charge in [0.25, 0.3) is 0 Å². The van der Waals surface area contributed by atoms with Gasteiger partial charge in [-0.1, -0.05) is 33.6 Å². The molecule has 37 heavy (non-hydrogen) atoms. The Bertz CT molecular complexity index is 1200. The van der Waals surface area contributed by atoms with Crippen molar-refractivity contribution in [1.82, 2.24) is 9.97 Å². The fraction of sp³-hybridized carbons (Fsp3) is 0.538. The highest BCUT2D eigenvalue weighted by Crippen LogP contribution is 2.37. The van der Waals surface area contributed by atoms with Gasteiger partial charge in [-0.3, -0.25) is 0 Å². The summed E-state index contributed by atoms with van der Waals surface area (Å²) in [5.74, 6) is 0.933. The van der Waals surface area contributed by atoms with Crippen molar-refractivity contribution < 1.29 is 14.5 Å². The van der Waals surface area contributed by atoms with Gasteiger partial charge in [-0.25, -0.2) is 4.98 Å². The average molecular weight is 521 g/mol. The molecule has 4 N–H and O–H groups in total. The quantitative estimate of drug-likeness (QED) is 0.378. The minimum atomic E-state index is -2.13. The highest BCUT2D eigenvalue weighted by molar-refractivity contribution is 6.74. The molecule has 3 rings (SSSR count). The minimum Gasteiger partial charge on any atom is -0.423 e. The zero-order chi connectivity index (χ0) is 27.4. The molecule has 196 valence electrons. The van der Waals surface area contributed by atoms with Crippen molar-refractivity contribution >= 4 is 38.4 Å². The highest BCUT2D eigenvalue weighted by atomic mass is 28.4. The summed E-state index contributed by atoms with van der Waals surface area (Å²) in [5, 5.41) is 45.9. The van der Waals surface area contributed by atoms with Crippen LogP contribution in [0.3, 0.4) is 0 Å². The van der Waals surface area contributed by atoms with E-state index in [4.69, 9.17) is 4.43 Å². The molecule has 2 atom stereocenters. The summed E-state index contributed by atoms with van der Waals surface area (Å²) in [7, 11) is -3.94. The standard InChI is InChI=1S/C26H37BN6O3Si/c1-17-15-30-25(33-24(17)32-22-10-8-7-9-18(22)13-28)31-21-11-19(14-29)23(27(34)35)20(12-21)16-36-37(5,6)26(2,3)4/h11-12,15,18,22,34-35H,7-10,16H2,1-6H3,(H2,30,31,32,33). The van der Waals surface area contributed by atoms with E-state index in [1.165, 1.54) is 0 Å². The molecule has 2 unspecified atom stereocenters. The molecule has 2 aromatic rings. The van der Waals surface area contributed by atoms with Gasteiger partial charge in [0, 0.05) is 29.0 Å². The van der Waals surface area contributed by atoms with E-state index in [0.29, 0.717) is 23.0 Å². The highest BCUT2D eigenvalue weighted by Gasteiger charge is 2.37. The number of nitrogens with one attached hydrogen (secondary N) is 2. The van der Waals surface area contributed by atoms with Crippen LogP contribution in [0.5, 0.6) is 0 Å². The first-order valence-electron chi connectivity index (χ1n) is 12.7. The summed E-state index contributed by atoms with van der Waals surface area (Å²) in [5.41, 5.74) is 2.20. The van der Waals surface area contributed by atoms with Crippen LogP contribution in [0.2, 0.25) is 18.1 Å². The van der Waals surface area contributed by atoms with Crippen LogP contribution < -0.4 is 16.1 Å². The average Bonchev–Trinajstić information content (AvgIpc) is 2.83. The molecule has 0 radical (unpaired) electrons. The molecular weight excluding hydrogens is 483 g/mol. The van der Waals surface area contributed by atoms with Gasteiger partial charge < -0.3 is 25.1 Å². The summed E-state index contributed by atoms with van der Waals surface area (Å²) >= 11 is 0. The Morgan fingerprint density at radius 1 is 1.19 bits per heavy atom. The van der Waals surface area contributed by atoms with Crippen molar-refractivity contribution in [1.29, 1.82) is 10.5 Å². The lowest BCUT2D eigenvalue weighted by Crippen LogP contribution is -2.42. The molecule has 0 aliphatic heterocycles. The van der Waals surface area contributed by atoms with Gasteiger partial charge in [-0.15, -0.1) is 0 Å². The molecule has 11 heteroatoms. The predicted octanol–water partition coefficient (Wildman–Crippen LogP) is 4.10. The van der Waals surface area contributed by atoms with Crippen LogP contribution in [-0.4, -0.2) is 41.5 Å². The zero-order valence-electron chi connectivity index (χ0n) is 22.6. The van der Waals surface area contributed by atoms with Gasteiger partial charge >= 0.3 is 7.12 Å². The SMILES string of the molecule is Cc1cnc(Nc2cc(C#N)c(B(O)O)c(CO[Si](C)(C)C(C)(C)C)c2)nc1NC1CCCCC1C#N. The Morgan fingerprint density at radius 2 is 1.89 bits per heavy atom. The van der Waals surface area contributed by atoms with Gasteiger partial charge in [0.1, 0.15) is 5.82 Å². The molecule has 0 bridgehead atoms. The van der Waals surface area contributed by atoms with Gasteiger partial charge in [-0.2, -0.15) is 15.5 Å². The molecule has 1 aromatic carbocycles. The topological polar surface area (TPSA) is 147 Å². The third-order valence-corrected chi connectivity index (χ3v) is 12.0. The number of nitriles is 2. The number of aryl methyl sites for hydroxylation is 1. The van der Waals surface area contributed by atoms with Gasteiger partial charge in [0.2, 0.25) is 5.95 Å². The van der Waals surface area contributed by atoms with E-state index in [2.05, 4.69) is 66.6 Å². The van der Waals surface area contributed by atoms with Crippen molar-refractivity contribution in [2.45, 2.75) is 84.2 Å². The molecular formula is C26H37BN6O3Si. The molecule has 1 fully saturated rings. The molecule has 0 amide bonds. The molecule has 0 saturated heterocycles. The van der Waals surface area contributed by atoms with E-state index in [-0.39, 0.29) is 34.6 Å². The summed E-state index contributed by atoms with van der Waals surface area (Å²) in [4.78, 5) is 9.04. The summed E-state index contributed by atoms with van der Waals surface area (Å²) in [6, 6.07) is 7.81. The lowest BCUT2D eigenvalue weighted by molar-refractivity contribution is 0.276. The van der Waals surface area contributed by atoms with Gasteiger partial charge in [0.05, 0.1) is 30.2 Å². The molecule has 1 aliphatic carbocycles. The van der Waals surface area contributed by atoms with Crippen LogP contribution in [-0.2, 0) is 11.0 Å². The van der Waals surface area contributed by atoms with Crippen molar-refractivity contribution in [3.05, 3.63) is 35.0 Å². The van der Waals surface area contributed by atoms with Crippen LogP contribution in [0, 0.1) is 35.5 Å². The lowest BCUT2D eigenvalue weighted by Gasteiger charge is -2.36. The molecule has 1 heterocycles. The third-order valence-electron chi connectivity index (χ3n) is 7.52. The fourth-order valence-corrected chi connectivity index (χ4v) is 5.14. The Morgan fingerprint density at radius 3 is 2.51 bits per heavy atom. The lowest BCUT2D eigenvalue weighted by atomic mass is 9.74. The molecule has 1 saturated carbocycles. The number of hydrogen-bond acceptors (Lipinski definition) is 9. The zero-order valence-corrected chi connectivity index (χ0v) is 23.6. The second-order valence-corrected chi connectivity index (χ2v) is 16.1. The second-order valence-electron chi connectivity index (χ2n) is 11.3. The largest absolute Gasteiger partial charge is 0.490 e. The van der Waals surface area contributed by atoms with E-state index in [1.54, 1.807) is 18.3 Å². The van der Waals surface area contributed by atoms with Crippen LogP contribution >= 0.6 is 0 Å². The van der Waals surface area contributed by atoms with Crippen LogP contribution in [0.25, 0.3) is 0 Å². The summed E-state index contributed by atoms with van der Waals surface area (Å²) in [6.45, 7) is 12.7. The number of nitrogens with zero attached hydrogens (tertiary/aromatic N) is 4. The van der Waals surface area contributed by atoms with E-state index >= 15 is 0 Å². The number of anilines is 3. The number of aromatic nitrogens is 2. The maximum absolute atomic E-state index is 10.0. The molecule has 9 nitrogen and oxygen atoms in total. The molecule has 1 aliphatic rings. The fourth-order valence-electron chi connectivity index (χ4n) is 4.19. The molecule has 0 spiro atoms. The van der Waals surface area contributed by atoms with E-state index in [1.807, 2.05) is 6.92 Å². The van der Waals surface area contributed by atoms with Crippen molar-refractivity contribution in [2.75, 3.05) is 10.6 Å². The normalized spacial score (nSPS) is 18.0. The smallest absolute Gasteiger partial charge is 0.423 e. The van der Waals surface area contributed by atoms with Crippen molar-refractivity contribution in [2.24, 2.45) is 5.92 Å². The summed E-state index contributed by atoms with van der Waals surface area (Å²) in [6.07, 6.45) is 5.64. The van der Waals surface area contributed by atoms with Crippen LogP contribution in [0.1, 0.15) is 63.1 Å². The first kappa shape index (κ1) is 28.6. The third kappa shape index (κ3) is 6.88. The maximum Gasteiger partial charge on any atom is 0.490 e. The Balaban J connectivity index is 1.90. The van der Waals surface area contributed by atoms with Crippen LogP contribution in [0.4, 0.5) is 17.5 Å². The first-order chi connectivity index (χ1) is 17.4. The monoisotopic (exact) mass is 520 g/mol. The summed E-state index contributed by atoms with van der Waals surface area (Å²) < 4.78 is 6.33. The number of hydrogen-bond donors (Lipinski definition) is 4. The van der Waals surface area contributed by atoms with Crippen LogP contribution in [0.15, 0.2) is 18.3 Å². The predicted molar refractivity (Wildman–Crippen MR) is 148 cm³/mol. The minimum absolute atomic E-state index is 0.0268. The van der Waals surface area contributed by atoms with Gasteiger partial charge in [-0.05, 0) is 55.6 Å². The Hall–Kier alpha value is -2.96. The van der Waals surface area contributed by atoms with Gasteiger partial charge in [0.15, 0.2) is 8.32 Å². The second kappa shape index (κ2) is 11.6. The number of benzene rings is 1. The van der Waals surface area contributed by atoms with E-state index < -0.39 is 15.4 Å². The van der Waals surface area contributed by atoms with E-state index in [0.717, 1.165) is 31.2 Å². The van der Waals surface area contributed by atoms with Crippen molar-refractivity contribution in [3.63, 3.8) is 0 Å². The first-order valence-corrected chi connectivity index (χ1v) is 15.6. The Kier molecular flexibility index (Phi) is 8.98. The van der Waals surface area contributed by atoms with E-state index in [9.17, 15) is 20.6 Å². The molecule has 1 aromatic heterocycles. The Labute approximate surface area is 221 Å².